The van der Waals surface area contributed by atoms with Crippen molar-refractivity contribution in [1.82, 2.24) is 9.97 Å². The Morgan fingerprint density at radius 2 is 0.929 bits per heavy atom. The Hall–Kier alpha value is -4.82. The number of benzene rings is 5. The molecule has 2 heteroatoms. The molecule has 0 aliphatic heterocycles. The number of rotatable bonds is 4. The Balaban J connectivity index is 1.36. The number of fused-ring (bicyclic) bond motifs is 5. The number of aromatic nitrogens is 2. The van der Waals surface area contributed by atoms with Crippen molar-refractivity contribution in [2.45, 2.75) is 37.5 Å². The highest BCUT2D eigenvalue weighted by Crippen LogP contribution is 2.58. The van der Waals surface area contributed by atoms with E-state index in [1.165, 1.54) is 65.5 Å². The van der Waals surface area contributed by atoms with Crippen molar-refractivity contribution in [3.8, 4) is 56.2 Å². The van der Waals surface area contributed by atoms with E-state index in [4.69, 9.17) is 9.97 Å². The van der Waals surface area contributed by atoms with E-state index < -0.39 is 0 Å². The summed E-state index contributed by atoms with van der Waals surface area (Å²) in [6.07, 6.45) is 6.27. The molecule has 0 atom stereocenters. The van der Waals surface area contributed by atoms with Gasteiger partial charge in [-0.05, 0) is 52.3 Å². The molecule has 1 aromatic heterocycles. The minimum Gasteiger partial charge on any atom is -0.228 e. The molecule has 0 bridgehead atoms. The van der Waals surface area contributed by atoms with Gasteiger partial charge in [0.1, 0.15) is 0 Å². The Bertz CT molecular complexity index is 1840. The standard InChI is InChI=1S/C40H32N2/c1-4-15-28(16-5-1)36-27-37(29-17-6-2-7-18-29)42-39(41-36)34-21-9-8-19-30(34)32-22-14-23-33-31-20-10-11-24-35(31)40(38(32)33)25-12-3-13-26-40/h1-2,4-11,14-24,27H,3,12-13,25-26H2. The average molecular weight is 541 g/mol. The molecule has 2 nitrogen and oxygen atoms in total. The molecule has 0 N–H and O–H groups in total. The van der Waals surface area contributed by atoms with E-state index in [0.29, 0.717) is 0 Å². The first-order valence-electron chi connectivity index (χ1n) is 15.1. The summed E-state index contributed by atoms with van der Waals surface area (Å²) in [5, 5.41) is 0. The molecule has 0 saturated heterocycles. The summed E-state index contributed by atoms with van der Waals surface area (Å²) >= 11 is 0. The van der Waals surface area contributed by atoms with Crippen molar-refractivity contribution in [2.75, 3.05) is 0 Å². The molecule has 1 heterocycles. The predicted molar refractivity (Wildman–Crippen MR) is 173 cm³/mol. The second-order valence-electron chi connectivity index (χ2n) is 11.7. The zero-order valence-corrected chi connectivity index (χ0v) is 23.6. The summed E-state index contributed by atoms with van der Waals surface area (Å²) in [4.78, 5) is 10.4. The van der Waals surface area contributed by atoms with E-state index in [2.05, 4.69) is 121 Å². The molecule has 0 unspecified atom stereocenters. The molecule has 5 aromatic carbocycles. The van der Waals surface area contributed by atoms with Gasteiger partial charge in [-0.25, -0.2) is 9.97 Å². The van der Waals surface area contributed by atoms with Crippen LogP contribution in [0.2, 0.25) is 0 Å². The Labute approximate surface area is 247 Å². The molecule has 2 aliphatic carbocycles. The van der Waals surface area contributed by atoms with Gasteiger partial charge in [-0.15, -0.1) is 0 Å². The van der Waals surface area contributed by atoms with E-state index in [-0.39, 0.29) is 5.41 Å². The summed E-state index contributed by atoms with van der Waals surface area (Å²) in [5.41, 5.74) is 13.5. The molecule has 1 fully saturated rings. The number of hydrogen-bond acceptors (Lipinski definition) is 2. The van der Waals surface area contributed by atoms with Crippen LogP contribution < -0.4 is 0 Å². The van der Waals surface area contributed by atoms with Gasteiger partial charge in [0.25, 0.3) is 0 Å². The first-order valence-corrected chi connectivity index (χ1v) is 15.1. The number of nitrogens with zero attached hydrogens (tertiary/aromatic N) is 2. The molecular weight excluding hydrogens is 508 g/mol. The van der Waals surface area contributed by atoms with Crippen molar-refractivity contribution in [2.24, 2.45) is 0 Å². The highest BCUT2D eigenvalue weighted by molar-refractivity contribution is 5.92. The van der Waals surface area contributed by atoms with E-state index >= 15 is 0 Å². The second kappa shape index (κ2) is 10.2. The lowest BCUT2D eigenvalue weighted by molar-refractivity contribution is 0.353. The van der Waals surface area contributed by atoms with Gasteiger partial charge in [0, 0.05) is 22.1 Å². The predicted octanol–water partition coefficient (Wildman–Crippen LogP) is 10.4. The summed E-state index contributed by atoms with van der Waals surface area (Å²) in [6, 6.07) is 47.8. The molecule has 1 spiro atoms. The fraction of sp³-hybridized carbons (Fsp3) is 0.150. The zero-order valence-electron chi connectivity index (χ0n) is 23.6. The van der Waals surface area contributed by atoms with Gasteiger partial charge in [0.2, 0.25) is 0 Å². The minimum absolute atomic E-state index is 0.0653. The van der Waals surface area contributed by atoms with Crippen LogP contribution >= 0.6 is 0 Å². The molecule has 202 valence electrons. The lowest BCUT2D eigenvalue weighted by Crippen LogP contribution is -2.28. The first kappa shape index (κ1) is 24.9. The van der Waals surface area contributed by atoms with E-state index in [1.807, 2.05) is 12.1 Å². The maximum Gasteiger partial charge on any atom is 0.161 e. The number of hydrogen-bond donors (Lipinski definition) is 0. The molecule has 0 radical (unpaired) electrons. The third-order valence-corrected chi connectivity index (χ3v) is 9.31. The molecule has 6 aromatic rings. The van der Waals surface area contributed by atoms with E-state index in [9.17, 15) is 0 Å². The molecule has 42 heavy (non-hydrogen) atoms. The van der Waals surface area contributed by atoms with Crippen molar-refractivity contribution in [3.05, 3.63) is 145 Å². The third-order valence-electron chi connectivity index (χ3n) is 9.31. The first-order chi connectivity index (χ1) is 20.8. The van der Waals surface area contributed by atoms with Crippen molar-refractivity contribution in [3.63, 3.8) is 0 Å². The summed E-state index contributed by atoms with van der Waals surface area (Å²) in [6.45, 7) is 0. The van der Waals surface area contributed by atoms with Gasteiger partial charge in [-0.2, -0.15) is 0 Å². The van der Waals surface area contributed by atoms with Crippen molar-refractivity contribution in [1.29, 1.82) is 0 Å². The van der Waals surface area contributed by atoms with Gasteiger partial charge < -0.3 is 0 Å². The molecule has 8 rings (SSSR count). The Morgan fingerprint density at radius 1 is 0.429 bits per heavy atom. The van der Waals surface area contributed by atoms with E-state index in [0.717, 1.165) is 33.9 Å². The van der Waals surface area contributed by atoms with E-state index in [1.54, 1.807) is 0 Å². The topological polar surface area (TPSA) is 25.8 Å². The third kappa shape index (κ3) is 4.01. The van der Waals surface area contributed by atoms with Crippen molar-refractivity contribution >= 4 is 0 Å². The van der Waals surface area contributed by atoms with Crippen LogP contribution in [0.1, 0.15) is 43.2 Å². The normalized spacial score (nSPS) is 14.9. The monoisotopic (exact) mass is 540 g/mol. The lowest BCUT2D eigenvalue weighted by atomic mass is 9.66. The van der Waals surface area contributed by atoms with Gasteiger partial charge in [-0.3, -0.25) is 0 Å². The summed E-state index contributed by atoms with van der Waals surface area (Å²) in [7, 11) is 0. The zero-order chi connectivity index (χ0) is 27.9. The lowest BCUT2D eigenvalue weighted by Gasteiger charge is -2.37. The van der Waals surface area contributed by atoms with Crippen molar-refractivity contribution < 1.29 is 0 Å². The smallest absolute Gasteiger partial charge is 0.161 e. The van der Waals surface area contributed by atoms with Crippen LogP contribution in [-0.4, -0.2) is 9.97 Å². The van der Waals surface area contributed by atoms with Crippen LogP contribution in [0.25, 0.3) is 56.2 Å². The fourth-order valence-electron chi connectivity index (χ4n) is 7.46. The van der Waals surface area contributed by atoms with Crippen LogP contribution in [0.3, 0.4) is 0 Å². The largest absolute Gasteiger partial charge is 0.228 e. The Kier molecular flexibility index (Phi) is 6.07. The summed E-state index contributed by atoms with van der Waals surface area (Å²) < 4.78 is 0. The molecule has 1 saturated carbocycles. The molecule has 2 aliphatic rings. The highest BCUT2D eigenvalue weighted by atomic mass is 14.9. The maximum atomic E-state index is 5.21. The van der Waals surface area contributed by atoms with Crippen LogP contribution in [0, 0.1) is 0 Å². The quantitative estimate of drug-likeness (QED) is 0.222. The van der Waals surface area contributed by atoms with Gasteiger partial charge in [0.05, 0.1) is 11.4 Å². The molecule has 0 amide bonds. The molecular formula is C40H32N2. The second-order valence-corrected chi connectivity index (χ2v) is 11.7. The fourth-order valence-corrected chi connectivity index (χ4v) is 7.46. The van der Waals surface area contributed by atoms with Crippen LogP contribution in [-0.2, 0) is 5.41 Å². The van der Waals surface area contributed by atoms with Crippen LogP contribution in [0.5, 0.6) is 0 Å². The van der Waals surface area contributed by atoms with Gasteiger partial charge in [-0.1, -0.05) is 147 Å². The highest BCUT2D eigenvalue weighted by Gasteiger charge is 2.45. The van der Waals surface area contributed by atoms with Gasteiger partial charge in [0.15, 0.2) is 5.82 Å². The Morgan fingerprint density at radius 3 is 1.57 bits per heavy atom. The summed E-state index contributed by atoms with van der Waals surface area (Å²) in [5.74, 6) is 0.761. The van der Waals surface area contributed by atoms with Crippen LogP contribution in [0.15, 0.2) is 133 Å². The average Bonchev–Trinajstić information content (AvgIpc) is 3.35. The SMILES string of the molecule is c1ccc(-c2cc(-c3ccccc3)nc(-c3ccccc3-c3cccc4c3C3(CCCCC3)c3ccccc3-4)n2)cc1. The van der Waals surface area contributed by atoms with Crippen LogP contribution in [0.4, 0.5) is 0 Å². The van der Waals surface area contributed by atoms with Gasteiger partial charge >= 0.3 is 0 Å². The maximum absolute atomic E-state index is 5.21. The minimum atomic E-state index is 0.0653.